The van der Waals surface area contributed by atoms with Crippen LogP contribution in [0.1, 0.15) is 42.1 Å². The Hall–Kier alpha value is -3.30. The van der Waals surface area contributed by atoms with Crippen LogP contribution in [0.25, 0.3) is 5.82 Å². The van der Waals surface area contributed by atoms with Crippen LogP contribution < -0.4 is 11.1 Å². The molecular formula is C22H22ClN7O2. The Morgan fingerprint density at radius 3 is 2.69 bits per heavy atom. The molecule has 1 aromatic carbocycles. The number of hydrogen-bond acceptors (Lipinski definition) is 6. The van der Waals surface area contributed by atoms with E-state index < -0.39 is 11.3 Å². The first-order valence-electron chi connectivity index (χ1n) is 10.3. The molecule has 2 amide bonds. The molecule has 2 aliphatic heterocycles. The topological polar surface area (TPSA) is 119 Å². The van der Waals surface area contributed by atoms with Crippen LogP contribution in [0.2, 0.25) is 5.02 Å². The third kappa shape index (κ3) is 3.16. The minimum Gasteiger partial charge on any atom is -0.332 e. The first kappa shape index (κ1) is 20.6. The first-order valence-corrected chi connectivity index (χ1v) is 10.7. The lowest BCUT2D eigenvalue weighted by atomic mass is 9.87. The zero-order valence-corrected chi connectivity index (χ0v) is 18.4. The number of nitrogens with one attached hydrogen (secondary N) is 1. The van der Waals surface area contributed by atoms with Gasteiger partial charge in [0.1, 0.15) is 12.1 Å². The van der Waals surface area contributed by atoms with Gasteiger partial charge in [0.15, 0.2) is 5.82 Å². The van der Waals surface area contributed by atoms with E-state index in [9.17, 15) is 9.59 Å². The number of carbonyl (C=O) groups is 2. The van der Waals surface area contributed by atoms with Crippen LogP contribution in [0.3, 0.4) is 0 Å². The smallest absolute Gasteiger partial charge is 0.235 e. The fourth-order valence-electron chi connectivity index (χ4n) is 4.31. The summed E-state index contributed by atoms with van der Waals surface area (Å²) in [6.45, 7) is 4.70. The van der Waals surface area contributed by atoms with Gasteiger partial charge in [0.25, 0.3) is 0 Å². The zero-order valence-electron chi connectivity index (χ0n) is 17.7. The molecule has 0 fully saturated rings. The minimum absolute atomic E-state index is 0.0433. The quantitative estimate of drug-likeness (QED) is 0.627. The standard InChI is InChI=1S/C22H22ClN7O2/c1-22(2)17-18(27-21(22)32)25-11-26-19(17)30-9-13-8-29(10-16(13)28-30)20(31)15(7-24)12-3-5-14(23)6-4-12/h3-6,9,11,15H,7-8,10,24H2,1-2H3,(H,25,26,27,32)/t15-/m0/s1. The molecule has 0 bridgehead atoms. The molecule has 0 aliphatic carbocycles. The molecule has 164 valence electrons. The number of halogens is 1. The van der Waals surface area contributed by atoms with E-state index in [1.807, 2.05) is 32.2 Å². The van der Waals surface area contributed by atoms with Gasteiger partial charge in [-0.25, -0.2) is 14.6 Å². The number of amides is 2. The molecular weight excluding hydrogens is 430 g/mol. The number of hydrogen-bond donors (Lipinski definition) is 2. The van der Waals surface area contributed by atoms with Crippen molar-refractivity contribution >= 4 is 29.2 Å². The Morgan fingerprint density at radius 2 is 2.00 bits per heavy atom. The predicted octanol–water partition coefficient (Wildman–Crippen LogP) is 2.13. The second-order valence-corrected chi connectivity index (χ2v) is 9.02. The molecule has 3 aromatic rings. The van der Waals surface area contributed by atoms with E-state index in [1.165, 1.54) is 6.33 Å². The highest BCUT2D eigenvalue weighted by Crippen LogP contribution is 2.39. The van der Waals surface area contributed by atoms with E-state index in [1.54, 1.807) is 21.7 Å². The number of nitrogens with two attached hydrogens (primary N) is 1. The Bertz CT molecular complexity index is 1210. The Balaban J connectivity index is 1.40. The van der Waals surface area contributed by atoms with Crippen LogP contribution in [0.4, 0.5) is 5.82 Å². The summed E-state index contributed by atoms with van der Waals surface area (Å²) in [6.07, 6.45) is 3.28. The molecule has 2 aliphatic rings. The lowest BCUT2D eigenvalue weighted by Crippen LogP contribution is -2.34. The van der Waals surface area contributed by atoms with Gasteiger partial charge in [0, 0.05) is 29.9 Å². The van der Waals surface area contributed by atoms with Crippen molar-refractivity contribution in [2.75, 3.05) is 11.9 Å². The van der Waals surface area contributed by atoms with Gasteiger partial charge in [-0.3, -0.25) is 9.59 Å². The average molecular weight is 452 g/mol. The number of rotatable bonds is 4. The minimum atomic E-state index is -0.767. The number of aromatic nitrogens is 4. The maximum atomic E-state index is 13.2. The zero-order chi connectivity index (χ0) is 22.6. The summed E-state index contributed by atoms with van der Waals surface area (Å²) in [6, 6.07) is 7.19. The molecule has 5 rings (SSSR count). The molecule has 0 spiro atoms. The normalized spacial score (nSPS) is 17.1. The highest BCUT2D eigenvalue weighted by molar-refractivity contribution is 6.30. The summed E-state index contributed by atoms with van der Waals surface area (Å²) in [4.78, 5) is 35.9. The summed E-state index contributed by atoms with van der Waals surface area (Å²) in [5.41, 5.74) is 8.46. The summed E-state index contributed by atoms with van der Waals surface area (Å²) in [5, 5.41) is 8.09. The molecule has 10 heteroatoms. The van der Waals surface area contributed by atoms with Gasteiger partial charge in [0.2, 0.25) is 11.8 Å². The highest BCUT2D eigenvalue weighted by Gasteiger charge is 2.43. The maximum absolute atomic E-state index is 13.2. The van der Waals surface area contributed by atoms with Gasteiger partial charge >= 0.3 is 0 Å². The van der Waals surface area contributed by atoms with Gasteiger partial charge in [0.05, 0.1) is 29.1 Å². The third-order valence-corrected chi connectivity index (χ3v) is 6.42. The average Bonchev–Trinajstić information content (AvgIpc) is 3.40. The summed E-state index contributed by atoms with van der Waals surface area (Å²) in [5.74, 6) is 0.461. The van der Waals surface area contributed by atoms with Crippen LogP contribution in [0, 0.1) is 0 Å². The van der Waals surface area contributed by atoms with Crippen molar-refractivity contribution in [1.82, 2.24) is 24.6 Å². The number of fused-ring (bicyclic) bond motifs is 2. The first-order chi connectivity index (χ1) is 15.3. The molecule has 1 atom stereocenters. The SMILES string of the molecule is CC1(C)C(=O)Nc2ncnc(-n3cc4c(n3)CN(C(=O)[C@@H](CN)c3ccc(Cl)cc3)C4)c21. The Kier molecular flexibility index (Phi) is 4.75. The van der Waals surface area contributed by atoms with E-state index >= 15 is 0 Å². The number of anilines is 1. The summed E-state index contributed by atoms with van der Waals surface area (Å²) >= 11 is 5.97. The molecule has 2 aromatic heterocycles. The van der Waals surface area contributed by atoms with Gasteiger partial charge < -0.3 is 16.0 Å². The largest absolute Gasteiger partial charge is 0.332 e. The third-order valence-electron chi connectivity index (χ3n) is 6.17. The highest BCUT2D eigenvalue weighted by atomic mass is 35.5. The summed E-state index contributed by atoms with van der Waals surface area (Å²) < 4.78 is 1.68. The van der Waals surface area contributed by atoms with Crippen molar-refractivity contribution in [3.05, 3.63) is 64.2 Å². The monoisotopic (exact) mass is 451 g/mol. The molecule has 4 heterocycles. The van der Waals surface area contributed by atoms with Crippen molar-refractivity contribution in [3.8, 4) is 5.82 Å². The van der Waals surface area contributed by atoms with Crippen molar-refractivity contribution in [2.45, 2.75) is 38.3 Å². The number of benzene rings is 1. The molecule has 0 saturated heterocycles. The second kappa shape index (κ2) is 7.39. The molecule has 0 radical (unpaired) electrons. The van der Waals surface area contributed by atoms with Crippen LogP contribution >= 0.6 is 11.6 Å². The second-order valence-electron chi connectivity index (χ2n) is 8.58. The van der Waals surface area contributed by atoms with Crippen LogP contribution in [-0.4, -0.2) is 43.0 Å². The Labute approximate surface area is 189 Å². The van der Waals surface area contributed by atoms with Gasteiger partial charge in [-0.2, -0.15) is 5.10 Å². The van der Waals surface area contributed by atoms with Crippen molar-refractivity contribution < 1.29 is 9.59 Å². The number of carbonyl (C=O) groups excluding carboxylic acids is 2. The molecule has 9 nitrogen and oxygen atoms in total. The number of nitrogens with zero attached hydrogens (tertiary/aromatic N) is 5. The lowest BCUT2D eigenvalue weighted by Gasteiger charge is -2.23. The lowest BCUT2D eigenvalue weighted by molar-refractivity contribution is -0.133. The van der Waals surface area contributed by atoms with Crippen LogP contribution in [0.15, 0.2) is 36.8 Å². The summed E-state index contributed by atoms with van der Waals surface area (Å²) in [7, 11) is 0. The molecule has 3 N–H and O–H groups in total. The van der Waals surface area contributed by atoms with E-state index in [0.29, 0.717) is 35.3 Å². The van der Waals surface area contributed by atoms with Crippen LogP contribution in [-0.2, 0) is 28.1 Å². The van der Waals surface area contributed by atoms with Gasteiger partial charge in [-0.1, -0.05) is 23.7 Å². The van der Waals surface area contributed by atoms with E-state index in [0.717, 1.165) is 16.8 Å². The van der Waals surface area contributed by atoms with Crippen molar-refractivity contribution in [2.24, 2.45) is 5.73 Å². The molecule has 32 heavy (non-hydrogen) atoms. The molecule has 0 saturated carbocycles. The van der Waals surface area contributed by atoms with Gasteiger partial charge in [-0.15, -0.1) is 0 Å². The van der Waals surface area contributed by atoms with E-state index in [4.69, 9.17) is 17.3 Å². The Morgan fingerprint density at radius 1 is 1.25 bits per heavy atom. The van der Waals surface area contributed by atoms with Gasteiger partial charge in [-0.05, 0) is 31.5 Å². The van der Waals surface area contributed by atoms with Crippen LogP contribution in [0.5, 0.6) is 0 Å². The molecule has 0 unspecified atom stereocenters. The predicted molar refractivity (Wildman–Crippen MR) is 118 cm³/mol. The van der Waals surface area contributed by atoms with E-state index in [2.05, 4.69) is 20.4 Å². The fourth-order valence-corrected chi connectivity index (χ4v) is 4.44. The maximum Gasteiger partial charge on any atom is 0.235 e. The fraction of sp³-hybridized carbons (Fsp3) is 0.318. The van der Waals surface area contributed by atoms with Crippen molar-refractivity contribution in [3.63, 3.8) is 0 Å². The van der Waals surface area contributed by atoms with E-state index in [-0.39, 0.29) is 18.4 Å². The van der Waals surface area contributed by atoms with Crippen molar-refractivity contribution in [1.29, 1.82) is 0 Å².